The number of aromatic amines is 1. The molecule has 1 heterocycles. The van der Waals surface area contributed by atoms with E-state index in [9.17, 15) is 0 Å². The van der Waals surface area contributed by atoms with E-state index in [4.69, 9.17) is 0 Å². The van der Waals surface area contributed by atoms with Gasteiger partial charge in [-0.15, -0.1) is 0 Å². The lowest BCUT2D eigenvalue weighted by molar-refractivity contribution is 0.550. The van der Waals surface area contributed by atoms with Gasteiger partial charge >= 0.3 is 0 Å². The Morgan fingerprint density at radius 1 is 1.70 bits per heavy atom. The van der Waals surface area contributed by atoms with E-state index >= 15 is 0 Å². The van der Waals surface area contributed by atoms with Gasteiger partial charge in [0.15, 0.2) is 0 Å². The van der Waals surface area contributed by atoms with Gasteiger partial charge in [-0.05, 0) is 19.9 Å². The molecule has 1 saturated carbocycles. The van der Waals surface area contributed by atoms with E-state index < -0.39 is 0 Å². The minimum absolute atomic E-state index is 0.135. The maximum Gasteiger partial charge on any atom is 0.144 e. The van der Waals surface area contributed by atoms with Gasteiger partial charge < -0.3 is 5.32 Å². The molecule has 54 valence electrons. The fraction of sp³-hybridized carbons (Fsp3) is 0.667. The molecule has 0 bridgehead atoms. The van der Waals surface area contributed by atoms with Crippen LogP contribution in [0.3, 0.4) is 0 Å². The van der Waals surface area contributed by atoms with Crippen LogP contribution in [0.2, 0.25) is 0 Å². The van der Waals surface area contributed by atoms with E-state index in [1.807, 2.05) is 7.05 Å². The van der Waals surface area contributed by atoms with Crippen LogP contribution in [0.5, 0.6) is 0 Å². The molecule has 2 rings (SSSR count). The Balaban J connectivity index is 2.27. The number of aromatic nitrogens is 3. The number of rotatable bonds is 2. The molecule has 1 aromatic heterocycles. The van der Waals surface area contributed by atoms with Crippen molar-refractivity contribution in [3.63, 3.8) is 0 Å². The lowest BCUT2D eigenvalue weighted by atomic mass is 10.3. The average molecular weight is 138 g/mol. The second kappa shape index (κ2) is 1.79. The maximum absolute atomic E-state index is 4.09. The standard InChI is InChI=1S/C6H10N4/c1-7-6(2-3-6)5-8-4-9-10-5/h4,7H,2-3H2,1H3,(H,8,9,10). The predicted octanol–water partition coefficient (Wildman–Crippen LogP) is 0.0132. The monoisotopic (exact) mass is 138 g/mol. The summed E-state index contributed by atoms with van der Waals surface area (Å²) in [4.78, 5) is 4.09. The van der Waals surface area contributed by atoms with E-state index in [1.54, 1.807) is 6.33 Å². The van der Waals surface area contributed by atoms with E-state index in [0.29, 0.717) is 0 Å². The number of H-pyrrole nitrogens is 1. The largest absolute Gasteiger partial charge is 0.308 e. The summed E-state index contributed by atoms with van der Waals surface area (Å²) < 4.78 is 0. The summed E-state index contributed by atoms with van der Waals surface area (Å²) in [5.74, 6) is 0.968. The molecular formula is C6H10N4. The van der Waals surface area contributed by atoms with Gasteiger partial charge in [-0.2, -0.15) is 5.10 Å². The molecular weight excluding hydrogens is 128 g/mol. The first kappa shape index (κ1) is 5.85. The first-order valence-corrected chi connectivity index (χ1v) is 3.42. The van der Waals surface area contributed by atoms with Crippen molar-refractivity contribution < 1.29 is 0 Å². The van der Waals surface area contributed by atoms with E-state index in [-0.39, 0.29) is 5.54 Å². The molecule has 1 aromatic rings. The van der Waals surface area contributed by atoms with Crippen molar-refractivity contribution in [2.45, 2.75) is 18.4 Å². The third-order valence-electron chi connectivity index (χ3n) is 2.10. The minimum Gasteiger partial charge on any atom is -0.308 e. The van der Waals surface area contributed by atoms with Crippen LogP contribution in [0, 0.1) is 0 Å². The van der Waals surface area contributed by atoms with Gasteiger partial charge in [0.2, 0.25) is 0 Å². The van der Waals surface area contributed by atoms with Crippen LogP contribution in [-0.2, 0) is 5.54 Å². The summed E-state index contributed by atoms with van der Waals surface area (Å²) in [6.45, 7) is 0. The van der Waals surface area contributed by atoms with Crippen molar-refractivity contribution in [3.8, 4) is 0 Å². The molecule has 2 N–H and O–H groups in total. The molecule has 0 unspecified atom stereocenters. The van der Waals surface area contributed by atoms with Gasteiger partial charge in [0.05, 0.1) is 5.54 Å². The molecule has 1 fully saturated rings. The molecule has 0 atom stereocenters. The normalized spacial score (nSPS) is 20.9. The second-order valence-corrected chi connectivity index (χ2v) is 2.67. The summed E-state index contributed by atoms with van der Waals surface area (Å²) in [7, 11) is 1.95. The number of hydrogen-bond acceptors (Lipinski definition) is 3. The molecule has 0 amide bonds. The summed E-state index contributed by atoms with van der Waals surface area (Å²) in [5.41, 5.74) is 0.135. The van der Waals surface area contributed by atoms with Crippen LogP contribution in [-0.4, -0.2) is 22.2 Å². The summed E-state index contributed by atoms with van der Waals surface area (Å²) >= 11 is 0. The maximum atomic E-state index is 4.09. The quantitative estimate of drug-likeness (QED) is 0.605. The van der Waals surface area contributed by atoms with Crippen LogP contribution < -0.4 is 5.32 Å². The van der Waals surface area contributed by atoms with Crippen molar-refractivity contribution in [2.75, 3.05) is 7.05 Å². The second-order valence-electron chi connectivity index (χ2n) is 2.67. The topological polar surface area (TPSA) is 53.6 Å². The number of nitrogens with zero attached hydrogens (tertiary/aromatic N) is 2. The van der Waals surface area contributed by atoms with Gasteiger partial charge in [-0.1, -0.05) is 0 Å². The molecule has 4 nitrogen and oxygen atoms in total. The van der Waals surface area contributed by atoms with Crippen LogP contribution in [0.25, 0.3) is 0 Å². The SMILES string of the molecule is CNC1(c2ncn[nH]2)CC1. The van der Waals surface area contributed by atoms with Gasteiger partial charge in [0.1, 0.15) is 12.2 Å². The fourth-order valence-corrected chi connectivity index (χ4v) is 1.17. The predicted molar refractivity (Wildman–Crippen MR) is 36.4 cm³/mol. The third-order valence-corrected chi connectivity index (χ3v) is 2.10. The zero-order valence-electron chi connectivity index (χ0n) is 5.89. The van der Waals surface area contributed by atoms with Crippen LogP contribution in [0.1, 0.15) is 18.7 Å². The zero-order valence-corrected chi connectivity index (χ0v) is 5.89. The lowest BCUT2D eigenvalue weighted by Gasteiger charge is -2.08. The highest BCUT2D eigenvalue weighted by Crippen LogP contribution is 2.42. The average Bonchev–Trinajstić information content (AvgIpc) is 2.58. The molecule has 10 heavy (non-hydrogen) atoms. The van der Waals surface area contributed by atoms with E-state index in [1.165, 1.54) is 12.8 Å². The number of nitrogens with one attached hydrogen (secondary N) is 2. The molecule has 0 saturated heterocycles. The summed E-state index contributed by atoms with van der Waals surface area (Å²) in [5, 5.41) is 9.89. The van der Waals surface area contributed by atoms with Gasteiger partial charge in [0, 0.05) is 0 Å². The van der Waals surface area contributed by atoms with Crippen LogP contribution >= 0.6 is 0 Å². The van der Waals surface area contributed by atoms with Gasteiger partial charge in [-0.25, -0.2) is 4.98 Å². The van der Waals surface area contributed by atoms with Gasteiger partial charge in [-0.3, -0.25) is 5.10 Å². The van der Waals surface area contributed by atoms with Crippen LogP contribution in [0.4, 0.5) is 0 Å². The van der Waals surface area contributed by atoms with Crippen molar-refractivity contribution in [3.05, 3.63) is 12.2 Å². The molecule has 0 spiro atoms. The number of hydrogen-bond donors (Lipinski definition) is 2. The van der Waals surface area contributed by atoms with Crippen molar-refractivity contribution in [1.29, 1.82) is 0 Å². The first-order chi connectivity index (χ1) is 4.87. The van der Waals surface area contributed by atoms with Crippen molar-refractivity contribution in [2.24, 2.45) is 0 Å². The van der Waals surface area contributed by atoms with Gasteiger partial charge in [0.25, 0.3) is 0 Å². The Kier molecular flexibility index (Phi) is 1.05. The summed E-state index contributed by atoms with van der Waals surface area (Å²) in [6, 6.07) is 0. The Hall–Kier alpha value is -0.900. The Bertz CT molecular complexity index is 212. The lowest BCUT2D eigenvalue weighted by Crippen LogP contribution is -2.25. The Labute approximate surface area is 59.1 Å². The highest BCUT2D eigenvalue weighted by Gasteiger charge is 2.45. The molecule has 0 aliphatic heterocycles. The molecule has 0 radical (unpaired) electrons. The van der Waals surface area contributed by atoms with Crippen molar-refractivity contribution in [1.82, 2.24) is 20.5 Å². The highest BCUT2D eigenvalue weighted by molar-refractivity contribution is 5.13. The molecule has 1 aliphatic rings. The van der Waals surface area contributed by atoms with E-state index in [0.717, 1.165) is 5.82 Å². The summed E-state index contributed by atoms with van der Waals surface area (Å²) in [6.07, 6.45) is 3.88. The van der Waals surface area contributed by atoms with E-state index in [2.05, 4.69) is 20.5 Å². The molecule has 1 aliphatic carbocycles. The third kappa shape index (κ3) is 0.654. The van der Waals surface area contributed by atoms with Crippen molar-refractivity contribution >= 4 is 0 Å². The first-order valence-electron chi connectivity index (χ1n) is 3.42. The van der Waals surface area contributed by atoms with Crippen LogP contribution in [0.15, 0.2) is 6.33 Å². The highest BCUT2D eigenvalue weighted by atomic mass is 15.2. The fourth-order valence-electron chi connectivity index (χ4n) is 1.17. The Morgan fingerprint density at radius 2 is 2.50 bits per heavy atom. The molecule has 4 heteroatoms. The Morgan fingerprint density at radius 3 is 2.90 bits per heavy atom. The molecule has 0 aromatic carbocycles. The minimum atomic E-state index is 0.135. The smallest absolute Gasteiger partial charge is 0.144 e. The zero-order chi connectivity index (χ0) is 7.03.